The van der Waals surface area contributed by atoms with Crippen LogP contribution >= 0.6 is 12.4 Å². The van der Waals surface area contributed by atoms with Gasteiger partial charge in [0.05, 0.1) is 13.1 Å². The van der Waals surface area contributed by atoms with Gasteiger partial charge in [-0.1, -0.05) is 12.1 Å². The summed E-state index contributed by atoms with van der Waals surface area (Å²) in [4.78, 5) is 39.0. The van der Waals surface area contributed by atoms with Crippen LogP contribution in [0.4, 0.5) is 4.79 Å². The van der Waals surface area contributed by atoms with E-state index >= 15 is 0 Å². The summed E-state index contributed by atoms with van der Waals surface area (Å²) in [6, 6.07) is 6.82. The van der Waals surface area contributed by atoms with Crippen LogP contribution in [0.3, 0.4) is 0 Å². The molecule has 0 aliphatic carbocycles. The number of amides is 4. The Balaban J connectivity index is 0.00000261. The second-order valence-corrected chi connectivity index (χ2v) is 6.96. The van der Waals surface area contributed by atoms with Gasteiger partial charge in [-0.2, -0.15) is 0 Å². The fourth-order valence-electron chi connectivity index (χ4n) is 3.51. The molecule has 0 bridgehead atoms. The SMILES string of the molecule is CNCCC1CCN(C(=O)c2ccc(CN3C(=O)CNC3=O)cc2)CC1.Cl. The van der Waals surface area contributed by atoms with Crippen molar-refractivity contribution in [2.24, 2.45) is 5.92 Å². The zero-order valence-corrected chi connectivity index (χ0v) is 16.4. The van der Waals surface area contributed by atoms with Crippen molar-refractivity contribution < 1.29 is 14.4 Å². The molecule has 8 heteroatoms. The Morgan fingerprint density at radius 1 is 1.19 bits per heavy atom. The number of piperidine rings is 1. The van der Waals surface area contributed by atoms with Gasteiger partial charge in [0.2, 0.25) is 5.91 Å². The van der Waals surface area contributed by atoms with Crippen molar-refractivity contribution in [1.82, 2.24) is 20.4 Å². The van der Waals surface area contributed by atoms with Gasteiger partial charge in [0, 0.05) is 18.7 Å². The Hall–Kier alpha value is -2.12. The molecule has 2 aliphatic rings. The molecule has 0 unspecified atom stereocenters. The maximum atomic E-state index is 12.7. The summed E-state index contributed by atoms with van der Waals surface area (Å²) < 4.78 is 0. The van der Waals surface area contributed by atoms with Gasteiger partial charge in [-0.3, -0.25) is 14.5 Å². The lowest BCUT2D eigenvalue weighted by molar-refractivity contribution is -0.125. The Kier molecular flexibility index (Phi) is 7.62. The lowest BCUT2D eigenvalue weighted by atomic mass is 9.93. The molecule has 2 N–H and O–H groups in total. The van der Waals surface area contributed by atoms with E-state index in [1.54, 1.807) is 12.1 Å². The smallest absolute Gasteiger partial charge is 0.324 e. The molecule has 2 saturated heterocycles. The molecule has 148 valence electrons. The summed E-state index contributed by atoms with van der Waals surface area (Å²) >= 11 is 0. The second-order valence-electron chi connectivity index (χ2n) is 6.96. The normalized spacial score (nSPS) is 17.7. The maximum Gasteiger partial charge on any atom is 0.324 e. The largest absolute Gasteiger partial charge is 0.339 e. The van der Waals surface area contributed by atoms with Gasteiger partial charge in [0.25, 0.3) is 5.91 Å². The zero-order chi connectivity index (χ0) is 18.5. The summed E-state index contributed by atoms with van der Waals surface area (Å²) in [6.45, 7) is 2.92. The molecule has 0 spiro atoms. The highest BCUT2D eigenvalue weighted by atomic mass is 35.5. The monoisotopic (exact) mass is 394 g/mol. The third-order valence-electron chi connectivity index (χ3n) is 5.18. The molecule has 3 rings (SSSR count). The van der Waals surface area contributed by atoms with Crippen LogP contribution in [0.2, 0.25) is 0 Å². The molecule has 1 aromatic rings. The lowest BCUT2D eigenvalue weighted by Gasteiger charge is -2.32. The first-order valence-corrected chi connectivity index (χ1v) is 9.19. The number of hydrogen-bond donors (Lipinski definition) is 2. The molecule has 1 aromatic carbocycles. The van der Waals surface area contributed by atoms with E-state index in [9.17, 15) is 14.4 Å². The number of carbonyl (C=O) groups excluding carboxylic acids is 3. The third kappa shape index (κ3) is 5.20. The molecule has 2 heterocycles. The van der Waals surface area contributed by atoms with E-state index in [1.165, 1.54) is 4.90 Å². The minimum Gasteiger partial charge on any atom is -0.339 e. The number of nitrogens with zero attached hydrogens (tertiary/aromatic N) is 2. The molecule has 27 heavy (non-hydrogen) atoms. The Bertz CT molecular complexity index is 656. The summed E-state index contributed by atoms with van der Waals surface area (Å²) in [5, 5.41) is 5.68. The number of imide groups is 1. The van der Waals surface area contributed by atoms with Crippen LogP contribution in [0, 0.1) is 5.92 Å². The number of benzene rings is 1. The van der Waals surface area contributed by atoms with Crippen molar-refractivity contribution >= 4 is 30.3 Å². The van der Waals surface area contributed by atoms with Gasteiger partial charge >= 0.3 is 6.03 Å². The van der Waals surface area contributed by atoms with E-state index in [1.807, 2.05) is 24.1 Å². The highest BCUT2D eigenvalue weighted by Gasteiger charge is 2.28. The molecule has 2 aliphatic heterocycles. The molecule has 0 radical (unpaired) electrons. The predicted octanol–water partition coefficient (Wildman–Crippen LogP) is 1.62. The molecular formula is C19H27ClN4O3. The number of urea groups is 1. The average molecular weight is 395 g/mol. The Labute approximate surface area is 165 Å². The van der Waals surface area contributed by atoms with E-state index in [0.29, 0.717) is 11.5 Å². The fourth-order valence-corrected chi connectivity index (χ4v) is 3.51. The van der Waals surface area contributed by atoms with Crippen LogP contribution < -0.4 is 10.6 Å². The summed E-state index contributed by atoms with van der Waals surface area (Å²) in [7, 11) is 1.97. The highest BCUT2D eigenvalue weighted by Crippen LogP contribution is 2.21. The average Bonchev–Trinajstić information content (AvgIpc) is 2.99. The molecule has 2 fully saturated rings. The maximum absolute atomic E-state index is 12.7. The second kappa shape index (κ2) is 9.71. The highest BCUT2D eigenvalue weighted by molar-refractivity contribution is 6.01. The number of likely N-dealkylation sites (tertiary alicyclic amines) is 1. The van der Waals surface area contributed by atoms with Crippen molar-refractivity contribution in [2.45, 2.75) is 25.8 Å². The third-order valence-corrected chi connectivity index (χ3v) is 5.18. The van der Waals surface area contributed by atoms with Crippen LogP contribution in [0.25, 0.3) is 0 Å². The van der Waals surface area contributed by atoms with Crippen molar-refractivity contribution in [3.8, 4) is 0 Å². The number of carbonyl (C=O) groups is 3. The van der Waals surface area contributed by atoms with Gasteiger partial charge in [-0.15, -0.1) is 12.4 Å². The van der Waals surface area contributed by atoms with Crippen LogP contribution in [0.1, 0.15) is 35.2 Å². The quantitative estimate of drug-likeness (QED) is 0.718. The topological polar surface area (TPSA) is 81.8 Å². The van der Waals surface area contributed by atoms with E-state index in [-0.39, 0.29) is 43.3 Å². The predicted molar refractivity (Wildman–Crippen MR) is 105 cm³/mol. The summed E-state index contributed by atoms with van der Waals surface area (Å²) in [6.07, 6.45) is 3.27. The molecule has 0 aromatic heterocycles. The first-order chi connectivity index (χ1) is 12.6. The van der Waals surface area contributed by atoms with E-state index < -0.39 is 0 Å². The van der Waals surface area contributed by atoms with Crippen LogP contribution in [-0.4, -0.2) is 60.9 Å². The molecule has 7 nitrogen and oxygen atoms in total. The van der Waals surface area contributed by atoms with Gasteiger partial charge in [0.1, 0.15) is 0 Å². The molecule has 0 atom stereocenters. The van der Waals surface area contributed by atoms with Crippen LogP contribution in [0.15, 0.2) is 24.3 Å². The standard InChI is InChI=1S/C19H26N4O3.ClH/c1-20-9-6-14-7-10-22(11-8-14)18(25)16-4-2-15(3-5-16)13-23-17(24)12-21-19(23)26;/h2-5,14,20H,6-13H2,1H3,(H,21,26);1H. The van der Waals surface area contributed by atoms with Gasteiger partial charge < -0.3 is 15.5 Å². The Morgan fingerprint density at radius 2 is 1.85 bits per heavy atom. The Morgan fingerprint density at radius 3 is 2.41 bits per heavy atom. The minimum absolute atomic E-state index is 0. The number of nitrogens with one attached hydrogen (secondary N) is 2. The van der Waals surface area contributed by atoms with E-state index in [2.05, 4.69) is 10.6 Å². The molecular weight excluding hydrogens is 368 g/mol. The van der Waals surface area contributed by atoms with Gasteiger partial charge in [-0.25, -0.2) is 4.79 Å². The zero-order valence-electron chi connectivity index (χ0n) is 15.6. The number of rotatable bonds is 6. The summed E-state index contributed by atoms with van der Waals surface area (Å²) in [5.74, 6) is 0.521. The minimum atomic E-state index is -0.365. The molecule has 0 saturated carbocycles. The van der Waals surface area contributed by atoms with E-state index in [4.69, 9.17) is 0 Å². The fraction of sp³-hybridized carbons (Fsp3) is 0.526. The van der Waals surface area contributed by atoms with E-state index in [0.717, 1.165) is 44.5 Å². The lowest BCUT2D eigenvalue weighted by Crippen LogP contribution is -2.39. The van der Waals surface area contributed by atoms with Crippen molar-refractivity contribution in [2.75, 3.05) is 33.2 Å². The van der Waals surface area contributed by atoms with Crippen LogP contribution in [0.5, 0.6) is 0 Å². The number of hydrogen-bond acceptors (Lipinski definition) is 4. The van der Waals surface area contributed by atoms with Gasteiger partial charge in [0.15, 0.2) is 0 Å². The number of halogens is 1. The van der Waals surface area contributed by atoms with Crippen molar-refractivity contribution in [3.05, 3.63) is 35.4 Å². The molecule has 4 amide bonds. The first-order valence-electron chi connectivity index (χ1n) is 9.19. The summed E-state index contributed by atoms with van der Waals surface area (Å²) in [5.41, 5.74) is 1.48. The first kappa shape index (κ1) is 21.2. The van der Waals surface area contributed by atoms with Crippen molar-refractivity contribution in [1.29, 1.82) is 0 Å². The van der Waals surface area contributed by atoms with Crippen LogP contribution in [-0.2, 0) is 11.3 Å². The van der Waals surface area contributed by atoms with Crippen molar-refractivity contribution in [3.63, 3.8) is 0 Å². The van der Waals surface area contributed by atoms with Gasteiger partial charge in [-0.05, 0) is 56.5 Å².